The molecule has 8 nitrogen and oxygen atoms in total. The first kappa shape index (κ1) is 18.2. The minimum Gasteiger partial charge on any atom is -0.347 e. The lowest BCUT2D eigenvalue weighted by atomic mass is 9.74. The smallest absolute Gasteiger partial charge is 0.242 e. The van der Waals surface area contributed by atoms with Crippen LogP contribution in [0.5, 0.6) is 0 Å². The summed E-state index contributed by atoms with van der Waals surface area (Å²) in [4.78, 5) is 43.9. The normalized spacial score (nSPS) is 23.0. The van der Waals surface area contributed by atoms with Crippen molar-refractivity contribution in [3.05, 3.63) is 48.0 Å². The Morgan fingerprint density at radius 1 is 1.36 bits per heavy atom. The SMILES string of the molecule is CCC(=O)NCC(=O)N1CC[C@]2(C(=O)Nc3ccccc32)[C@@H]1c1nccn1C. The van der Waals surface area contributed by atoms with E-state index in [4.69, 9.17) is 0 Å². The average molecular weight is 381 g/mol. The van der Waals surface area contributed by atoms with Gasteiger partial charge >= 0.3 is 0 Å². The number of aryl methyl sites for hydroxylation is 1. The van der Waals surface area contributed by atoms with E-state index >= 15 is 0 Å². The number of aromatic nitrogens is 2. The van der Waals surface area contributed by atoms with Crippen LogP contribution in [0.25, 0.3) is 0 Å². The van der Waals surface area contributed by atoms with E-state index < -0.39 is 11.5 Å². The lowest BCUT2D eigenvalue weighted by Gasteiger charge is -2.33. The number of hydrogen-bond donors (Lipinski definition) is 2. The highest BCUT2D eigenvalue weighted by molar-refractivity contribution is 6.07. The number of carbonyl (C=O) groups is 3. The molecule has 28 heavy (non-hydrogen) atoms. The molecule has 3 heterocycles. The Morgan fingerprint density at radius 3 is 2.86 bits per heavy atom. The van der Waals surface area contributed by atoms with Gasteiger partial charge in [-0.3, -0.25) is 14.4 Å². The summed E-state index contributed by atoms with van der Waals surface area (Å²) in [6.07, 6.45) is 4.29. The second-order valence-corrected chi connectivity index (χ2v) is 7.24. The lowest BCUT2D eigenvalue weighted by molar-refractivity contribution is -0.135. The monoisotopic (exact) mass is 381 g/mol. The van der Waals surface area contributed by atoms with E-state index in [9.17, 15) is 14.4 Å². The summed E-state index contributed by atoms with van der Waals surface area (Å²) in [6.45, 7) is 2.06. The van der Waals surface area contributed by atoms with E-state index in [0.29, 0.717) is 25.2 Å². The number of imidazole rings is 1. The van der Waals surface area contributed by atoms with Crippen molar-refractivity contribution in [1.82, 2.24) is 19.8 Å². The highest BCUT2D eigenvalue weighted by atomic mass is 16.2. The number of likely N-dealkylation sites (tertiary alicyclic amines) is 1. The third-order valence-corrected chi connectivity index (χ3v) is 5.77. The molecular formula is C20H23N5O3. The average Bonchev–Trinajstić information content (AvgIpc) is 3.37. The molecule has 2 aliphatic rings. The van der Waals surface area contributed by atoms with Gasteiger partial charge in [0.05, 0.1) is 6.54 Å². The third-order valence-electron chi connectivity index (χ3n) is 5.77. The van der Waals surface area contributed by atoms with E-state index in [1.54, 1.807) is 18.0 Å². The van der Waals surface area contributed by atoms with Crippen LogP contribution in [0.15, 0.2) is 36.7 Å². The van der Waals surface area contributed by atoms with Gasteiger partial charge < -0.3 is 20.1 Å². The van der Waals surface area contributed by atoms with Crippen LogP contribution in [-0.2, 0) is 26.8 Å². The number of nitrogens with zero attached hydrogens (tertiary/aromatic N) is 3. The van der Waals surface area contributed by atoms with E-state index in [2.05, 4.69) is 15.6 Å². The van der Waals surface area contributed by atoms with Crippen LogP contribution in [0.2, 0.25) is 0 Å². The molecule has 146 valence electrons. The first-order chi connectivity index (χ1) is 13.5. The minimum atomic E-state index is -0.889. The van der Waals surface area contributed by atoms with Crippen molar-refractivity contribution < 1.29 is 14.4 Å². The highest BCUT2D eigenvalue weighted by Gasteiger charge is 2.60. The second-order valence-electron chi connectivity index (χ2n) is 7.24. The van der Waals surface area contributed by atoms with Crippen molar-refractivity contribution in [2.45, 2.75) is 31.2 Å². The molecule has 1 spiro atoms. The Morgan fingerprint density at radius 2 is 2.14 bits per heavy atom. The molecule has 0 unspecified atom stereocenters. The Hall–Kier alpha value is -3.16. The molecular weight excluding hydrogens is 358 g/mol. The van der Waals surface area contributed by atoms with Crippen molar-refractivity contribution in [2.24, 2.45) is 7.05 Å². The molecule has 0 saturated carbocycles. The number of rotatable bonds is 4. The number of fused-ring (bicyclic) bond motifs is 2. The van der Waals surface area contributed by atoms with Gasteiger partial charge in [0.2, 0.25) is 17.7 Å². The van der Waals surface area contributed by atoms with E-state index in [1.807, 2.05) is 42.1 Å². The van der Waals surface area contributed by atoms with Gasteiger partial charge in [-0.2, -0.15) is 0 Å². The van der Waals surface area contributed by atoms with Crippen LogP contribution in [0.1, 0.15) is 37.2 Å². The first-order valence-electron chi connectivity index (χ1n) is 9.43. The summed E-state index contributed by atoms with van der Waals surface area (Å²) in [7, 11) is 1.86. The van der Waals surface area contributed by atoms with Gasteiger partial charge in [0.25, 0.3) is 0 Å². The molecule has 1 aromatic heterocycles. The molecule has 2 aliphatic heterocycles. The first-order valence-corrected chi connectivity index (χ1v) is 9.43. The molecule has 3 amide bonds. The zero-order valence-corrected chi connectivity index (χ0v) is 15.9. The van der Waals surface area contributed by atoms with Gasteiger partial charge in [-0.15, -0.1) is 0 Å². The number of carbonyl (C=O) groups excluding carboxylic acids is 3. The number of hydrogen-bond acceptors (Lipinski definition) is 4. The quantitative estimate of drug-likeness (QED) is 0.829. The number of amides is 3. The molecule has 4 rings (SSSR count). The number of benzene rings is 1. The van der Waals surface area contributed by atoms with Gasteiger partial charge in [-0.05, 0) is 18.1 Å². The zero-order valence-electron chi connectivity index (χ0n) is 15.9. The highest BCUT2D eigenvalue weighted by Crippen LogP contribution is 2.54. The molecule has 1 saturated heterocycles. The molecule has 8 heteroatoms. The molecule has 2 atom stereocenters. The van der Waals surface area contributed by atoms with Crippen molar-refractivity contribution in [3.8, 4) is 0 Å². The fourth-order valence-corrected chi connectivity index (χ4v) is 4.36. The summed E-state index contributed by atoms with van der Waals surface area (Å²) < 4.78 is 1.84. The topological polar surface area (TPSA) is 96.3 Å². The molecule has 0 aliphatic carbocycles. The fourth-order valence-electron chi connectivity index (χ4n) is 4.36. The summed E-state index contributed by atoms with van der Waals surface area (Å²) in [5.74, 6) is 0.137. The van der Waals surface area contributed by atoms with Crippen LogP contribution >= 0.6 is 0 Å². The number of nitrogens with one attached hydrogen (secondary N) is 2. The standard InChI is InChI=1S/C20H23N5O3/c1-3-15(26)22-12-16(27)25-10-8-20(17(25)18-21-9-11-24(18)2)13-6-4-5-7-14(13)23-19(20)28/h4-7,9,11,17H,3,8,10,12H2,1-2H3,(H,22,26)(H,23,28)/t17-,20+/m0/s1. The minimum absolute atomic E-state index is 0.0903. The van der Waals surface area contributed by atoms with Gasteiger partial charge in [0.15, 0.2) is 0 Å². The summed E-state index contributed by atoms with van der Waals surface area (Å²) in [5.41, 5.74) is 0.779. The van der Waals surface area contributed by atoms with Crippen molar-refractivity contribution >= 4 is 23.4 Å². The summed E-state index contributed by atoms with van der Waals surface area (Å²) >= 11 is 0. The molecule has 1 aromatic carbocycles. The maximum atomic E-state index is 13.2. The van der Waals surface area contributed by atoms with Crippen LogP contribution in [-0.4, -0.2) is 45.3 Å². The third kappa shape index (κ3) is 2.59. The summed E-state index contributed by atoms with van der Waals surface area (Å²) in [5, 5.41) is 5.62. The molecule has 0 radical (unpaired) electrons. The Bertz CT molecular complexity index is 953. The maximum absolute atomic E-state index is 13.2. The van der Waals surface area contributed by atoms with E-state index in [0.717, 1.165) is 11.3 Å². The zero-order chi connectivity index (χ0) is 19.9. The van der Waals surface area contributed by atoms with Crippen molar-refractivity contribution in [3.63, 3.8) is 0 Å². The van der Waals surface area contributed by atoms with Gasteiger partial charge in [0.1, 0.15) is 17.3 Å². The molecule has 0 bridgehead atoms. The lowest BCUT2D eigenvalue weighted by Crippen LogP contribution is -2.46. The Labute approximate surface area is 162 Å². The Balaban J connectivity index is 1.77. The van der Waals surface area contributed by atoms with Gasteiger partial charge in [0, 0.05) is 38.1 Å². The van der Waals surface area contributed by atoms with Crippen LogP contribution in [0.4, 0.5) is 5.69 Å². The number of anilines is 1. The number of para-hydroxylation sites is 1. The molecule has 2 aromatic rings. The largest absolute Gasteiger partial charge is 0.347 e. The van der Waals surface area contributed by atoms with Gasteiger partial charge in [-0.1, -0.05) is 25.1 Å². The predicted octanol–water partition coefficient (Wildman–Crippen LogP) is 1.11. The second kappa shape index (κ2) is 6.78. The summed E-state index contributed by atoms with van der Waals surface area (Å²) in [6, 6.07) is 7.07. The van der Waals surface area contributed by atoms with Crippen molar-refractivity contribution in [2.75, 3.05) is 18.4 Å². The van der Waals surface area contributed by atoms with Crippen LogP contribution in [0.3, 0.4) is 0 Å². The maximum Gasteiger partial charge on any atom is 0.242 e. The molecule has 1 fully saturated rings. The van der Waals surface area contributed by atoms with Crippen LogP contribution in [0, 0.1) is 0 Å². The van der Waals surface area contributed by atoms with Crippen molar-refractivity contribution in [1.29, 1.82) is 0 Å². The van der Waals surface area contributed by atoms with Gasteiger partial charge in [-0.25, -0.2) is 4.98 Å². The van der Waals surface area contributed by atoms with E-state index in [-0.39, 0.29) is 24.3 Å². The Kier molecular flexibility index (Phi) is 4.41. The fraction of sp³-hybridized carbons (Fsp3) is 0.400. The molecule has 2 N–H and O–H groups in total. The van der Waals surface area contributed by atoms with E-state index in [1.165, 1.54) is 0 Å². The predicted molar refractivity (Wildman–Crippen MR) is 102 cm³/mol. The van der Waals surface area contributed by atoms with Crippen LogP contribution < -0.4 is 10.6 Å².